The lowest BCUT2D eigenvalue weighted by molar-refractivity contribution is -0.181. The SMILES string of the molecule is Cc1ccc(C2=C3C(N)=NNC3NC(C3CCC4(CC3)OCCO4)=C2)cc1. The van der Waals surface area contributed by atoms with Crippen LogP contribution in [-0.4, -0.2) is 31.0 Å². The Morgan fingerprint density at radius 3 is 2.52 bits per heavy atom. The van der Waals surface area contributed by atoms with Gasteiger partial charge in [0.15, 0.2) is 11.6 Å². The minimum atomic E-state index is -0.328. The molecule has 5 rings (SSSR count). The van der Waals surface area contributed by atoms with Crippen LogP contribution >= 0.6 is 0 Å². The minimum Gasteiger partial charge on any atom is -0.382 e. The molecule has 0 bridgehead atoms. The fourth-order valence-electron chi connectivity index (χ4n) is 4.61. The summed E-state index contributed by atoms with van der Waals surface area (Å²) in [4.78, 5) is 0. The van der Waals surface area contributed by atoms with Crippen molar-refractivity contribution in [1.82, 2.24) is 10.7 Å². The Kier molecular flexibility index (Phi) is 3.98. The van der Waals surface area contributed by atoms with Crippen LogP contribution in [0.5, 0.6) is 0 Å². The maximum Gasteiger partial charge on any atom is 0.168 e. The largest absolute Gasteiger partial charge is 0.382 e. The van der Waals surface area contributed by atoms with Crippen molar-refractivity contribution < 1.29 is 9.47 Å². The van der Waals surface area contributed by atoms with Crippen LogP contribution in [0.3, 0.4) is 0 Å². The molecular weight excluding hydrogens is 340 g/mol. The van der Waals surface area contributed by atoms with Crippen LogP contribution in [-0.2, 0) is 9.47 Å². The molecule has 1 aliphatic carbocycles. The summed E-state index contributed by atoms with van der Waals surface area (Å²) >= 11 is 0. The Morgan fingerprint density at radius 1 is 1.11 bits per heavy atom. The normalized spacial score (nSPS) is 27.1. The topological polar surface area (TPSA) is 80.9 Å². The Labute approximate surface area is 159 Å². The maximum atomic E-state index is 6.18. The average molecular weight is 366 g/mol. The number of aryl methyl sites for hydroxylation is 1. The highest BCUT2D eigenvalue weighted by molar-refractivity contribution is 6.08. The van der Waals surface area contributed by atoms with E-state index in [2.05, 4.69) is 53.1 Å². The third-order valence-electron chi connectivity index (χ3n) is 6.14. The van der Waals surface area contributed by atoms with Crippen LogP contribution in [0.25, 0.3) is 5.57 Å². The fourth-order valence-corrected chi connectivity index (χ4v) is 4.61. The monoisotopic (exact) mass is 366 g/mol. The first kappa shape index (κ1) is 16.8. The van der Waals surface area contributed by atoms with Gasteiger partial charge in [-0.2, -0.15) is 5.10 Å². The van der Waals surface area contributed by atoms with Gasteiger partial charge >= 0.3 is 0 Å². The smallest absolute Gasteiger partial charge is 0.168 e. The molecule has 1 aromatic carbocycles. The van der Waals surface area contributed by atoms with Crippen molar-refractivity contribution >= 4 is 11.4 Å². The van der Waals surface area contributed by atoms with Gasteiger partial charge in [0.1, 0.15) is 6.17 Å². The zero-order valence-corrected chi connectivity index (χ0v) is 15.6. The van der Waals surface area contributed by atoms with Gasteiger partial charge in [-0.05, 0) is 42.9 Å². The van der Waals surface area contributed by atoms with Gasteiger partial charge in [-0.15, -0.1) is 0 Å². The molecule has 142 valence electrons. The summed E-state index contributed by atoms with van der Waals surface area (Å²) in [5.41, 5.74) is 15.2. The van der Waals surface area contributed by atoms with E-state index in [1.54, 1.807) is 0 Å². The molecule has 0 aromatic heterocycles. The molecule has 4 N–H and O–H groups in total. The number of hydrogen-bond donors (Lipinski definition) is 3. The Balaban J connectivity index is 1.45. The van der Waals surface area contributed by atoms with Crippen LogP contribution in [0.1, 0.15) is 36.8 Å². The molecular formula is C21H26N4O2. The van der Waals surface area contributed by atoms with Crippen molar-refractivity contribution in [3.8, 4) is 0 Å². The zero-order valence-electron chi connectivity index (χ0n) is 15.6. The molecule has 3 aliphatic heterocycles. The number of nitrogens with two attached hydrogens (primary N) is 1. The van der Waals surface area contributed by atoms with E-state index in [9.17, 15) is 0 Å². The average Bonchev–Trinajstić information content (AvgIpc) is 3.30. The van der Waals surface area contributed by atoms with Gasteiger partial charge in [-0.25, -0.2) is 0 Å². The van der Waals surface area contributed by atoms with Gasteiger partial charge in [0.2, 0.25) is 0 Å². The standard InChI is InChI=1S/C21H26N4O2/c1-13-2-4-14(5-3-13)16-12-17(23-20-18(16)19(22)24-25-20)15-6-8-21(9-7-15)26-10-11-27-21/h2-5,12,15,20,23,25H,6-11H2,1H3,(H2,22,24). The van der Waals surface area contributed by atoms with E-state index in [4.69, 9.17) is 15.2 Å². The van der Waals surface area contributed by atoms with E-state index in [0.717, 1.165) is 50.0 Å². The van der Waals surface area contributed by atoms with Crippen molar-refractivity contribution in [2.45, 2.75) is 44.6 Å². The Bertz CT molecular complexity index is 824. The van der Waals surface area contributed by atoms with Crippen molar-refractivity contribution in [3.05, 3.63) is 52.7 Å². The Morgan fingerprint density at radius 2 is 1.81 bits per heavy atom. The second kappa shape index (κ2) is 6.39. The molecule has 1 unspecified atom stereocenters. The lowest BCUT2D eigenvalue weighted by atomic mass is 9.80. The summed E-state index contributed by atoms with van der Waals surface area (Å²) < 4.78 is 11.8. The third kappa shape index (κ3) is 2.93. The van der Waals surface area contributed by atoms with Crippen molar-refractivity contribution in [3.63, 3.8) is 0 Å². The van der Waals surface area contributed by atoms with Crippen molar-refractivity contribution in [2.24, 2.45) is 16.8 Å². The number of amidine groups is 1. The molecule has 0 amide bonds. The molecule has 2 fully saturated rings. The lowest BCUT2D eigenvalue weighted by Gasteiger charge is -2.38. The molecule has 1 spiro atoms. The summed E-state index contributed by atoms with van der Waals surface area (Å²) in [6, 6.07) is 8.61. The van der Waals surface area contributed by atoms with E-state index in [1.165, 1.54) is 16.8 Å². The number of hydrogen-bond acceptors (Lipinski definition) is 6. The van der Waals surface area contributed by atoms with Crippen LogP contribution in [0.2, 0.25) is 0 Å². The molecule has 4 aliphatic rings. The number of hydrazone groups is 1. The van der Waals surface area contributed by atoms with E-state index in [1.807, 2.05) is 0 Å². The van der Waals surface area contributed by atoms with Crippen molar-refractivity contribution in [1.29, 1.82) is 0 Å². The van der Waals surface area contributed by atoms with Gasteiger partial charge in [0.25, 0.3) is 0 Å². The summed E-state index contributed by atoms with van der Waals surface area (Å²) in [6.07, 6.45) is 6.21. The Hall–Kier alpha value is -2.31. The second-order valence-corrected chi connectivity index (χ2v) is 7.88. The first-order valence-electron chi connectivity index (χ1n) is 9.80. The molecule has 6 heteroatoms. The van der Waals surface area contributed by atoms with Crippen LogP contribution < -0.4 is 16.5 Å². The molecule has 1 aromatic rings. The number of nitrogens with zero attached hydrogens (tertiary/aromatic N) is 1. The molecule has 0 radical (unpaired) electrons. The number of benzene rings is 1. The summed E-state index contributed by atoms with van der Waals surface area (Å²) in [5, 5.41) is 7.88. The fraction of sp³-hybridized carbons (Fsp3) is 0.476. The van der Waals surface area contributed by atoms with Gasteiger partial charge in [0, 0.05) is 24.1 Å². The van der Waals surface area contributed by atoms with Gasteiger partial charge in [-0.1, -0.05) is 29.8 Å². The number of ether oxygens (including phenoxy) is 2. The molecule has 3 heterocycles. The first-order valence-corrected chi connectivity index (χ1v) is 9.80. The molecule has 1 atom stereocenters. The highest BCUT2D eigenvalue weighted by Gasteiger charge is 2.42. The van der Waals surface area contributed by atoms with E-state index in [0.29, 0.717) is 11.8 Å². The maximum absolute atomic E-state index is 6.18. The van der Waals surface area contributed by atoms with Gasteiger partial charge in [0.05, 0.1) is 13.2 Å². The number of fused-ring (bicyclic) bond motifs is 1. The predicted molar refractivity (Wildman–Crippen MR) is 104 cm³/mol. The molecule has 1 saturated carbocycles. The predicted octanol–water partition coefficient (Wildman–Crippen LogP) is 2.37. The summed E-state index contributed by atoms with van der Waals surface area (Å²) in [5.74, 6) is 0.703. The van der Waals surface area contributed by atoms with E-state index < -0.39 is 0 Å². The number of rotatable bonds is 2. The molecule has 6 nitrogen and oxygen atoms in total. The lowest BCUT2D eigenvalue weighted by Crippen LogP contribution is -2.44. The van der Waals surface area contributed by atoms with Crippen LogP contribution in [0.4, 0.5) is 0 Å². The summed E-state index contributed by atoms with van der Waals surface area (Å²) in [6.45, 7) is 3.54. The van der Waals surface area contributed by atoms with Gasteiger partial charge in [-0.3, -0.25) is 5.43 Å². The summed E-state index contributed by atoms with van der Waals surface area (Å²) in [7, 11) is 0. The first-order chi connectivity index (χ1) is 13.1. The number of dihydropyridines is 1. The van der Waals surface area contributed by atoms with Crippen LogP contribution in [0.15, 0.2) is 46.7 Å². The number of nitrogens with one attached hydrogen (secondary N) is 2. The van der Waals surface area contributed by atoms with Crippen LogP contribution in [0, 0.1) is 12.8 Å². The molecule has 1 saturated heterocycles. The molecule has 27 heavy (non-hydrogen) atoms. The minimum absolute atomic E-state index is 0.0591. The quantitative estimate of drug-likeness (QED) is 0.749. The highest BCUT2D eigenvalue weighted by atomic mass is 16.7. The highest BCUT2D eigenvalue weighted by Crippen LogP contribution is 2.42. The van der Waals surface area contributed by atoms with E-state index >= 15 is 0 Å². The third-order valence-corrected chi connectivity index (χ3v) is 6.14. The van der Waals surface area contributed by atoms with Gasteiger partial charge < -0.3 is 20.5 Å². The second-order valence-electron chi connectivity index (χ2n) is 7.88. The number of allylic oxidation sites excluding steroid dienone is 3. The zero-order chi connectivity index (χ0) is 18.4. The van der Waals surface area contributed by atoms with Crippen molar-refractivity contribution in [2.75, 3.05) is 13.2 Å². The van der Waals surface area contributed by atoms with E-state index in [-0.39, 0.29) is 12.0 Å².